The van der Waals surface area contributed by atoms with Crippen LogP contribution in [-0.2, 0) is 10.2 Å². The second kappa shape index (κ2) is 3.27. The summed E-state index contributed by atoms with van der Waals surface area (Å²) in [7, 11) is -4.92. The lowest BCUT2D eigenvalue weighted by Gasteiger charge is -1.99. The molecule has 2 rings (SSSR count). The van der Waals surface area contributed by atoms with Gasteiger partial charge in [-0.15, -0.1) is 0 Å². The summed E-state index contributed by atoms with van der Waals surface area (Å²) in [4.78, 5) is 14.3. The summed E-state index contributed by atoms with van der Waals surface area (Å²) in [5.41, 5.74) is -0.316. The monoisotopic (exact) mass is 244 g/mol. The van der Waals surface area contributed by atoms with Crippen LogP contribution in [-0.4, -0.2) is 28.9 Å². The zero-order chi connectivity index (χ0) is 11.9. The Balaban J connectivity index is 2.87. The Morgan fingerprint density at radius 1 is 1.50 bits per heavy atom. The SMILES string of the molecule is O=C(O)c1cccn2c(S(=O)(=O)F)cnc12. The third-order valence-electron chi connectivity index (χ3n) is 1.98. The number of carboxylic acids is 1. The minimum Gasteiger partial charge on any atom is -0.478 e. The van der Waals surface area contributed by atoms with E-state index >= 15 is 0 Å². The molecule has 1 N–H and O–H groups in total. The molecule has 0 radical (unpaired) electrons. The number of fused-ring (bicyclic) bond motifs is 1. The van der Waals surface area contributed by atoms with Crippen molar-refractivity contribution >= 4 is 21.8 Å². The molecule has 0 saturated carbocycles. The normalized spacial score (nSPS) is 11.8. The van der Waals surface area contributed by atoms with E-state index in [1.54, 1.807) is 0 Å². The molecule has 2 aromatic rings. The molecule has 0 aliphatic heterocycles. The van der Waals surface area contributed by atoms with E-state index in [4.69, 9.17) is 5.11 Å². The molecule has 0 aromatic carbocycles. The van der Waals surface area contributed by atoms with Crippen LogP contribution in [0.2, 0.25) is 0 Å². The van der Waals surface area contributed by atoms with Gasteiger partial charge >= 0.3 is 16.2 Å². The Kier molecular flexibility index (Phi) is 2.16. The van der Waals surface area contributed by atoms with Crippen molar-refractivity contribution in [3.63, 3.8) is 0 Å². The summed E-state index contributed by atoms with van der Waals surface area (Å²) in [5, 5.41) is 8.11. The zero-order valence-corrected chi connectivity index (χ0v) is 8.48. The molecular formula is C8H5FN2O4S. The van der Waals surface area contributed by atoms with Gasteiger partial charge in [-0.1, -0.05) is 3.89 Å². The molecule has 84 valence electrons. The van der Waals surface area contributed by atoms with Crippen molar-refractivity contribution in [3.05, 3.63) is 30.1 Å². The second-order valence-electron chi connectivity index (χ2n) is 2.95. The maximum absolute atomic E-state index is 12.8. The van der Waals surface area contributed by atoms with Gasteiger partial charge in [0.2, 0.25) is 0 Å². The largest absolute Gasteiger partial charge is 0.478 e. The molecule has 6 nitrogen and oxygen atoms in total. The number of carboxylic acid groups (broad SMARTS) is 1. The average molecular weight is 244 g/mol. The molecule has 0 unspecified atom stereocenters. The predicted molar refractivity (Wildman–Crippen MR) is 50.4 cm³/mol. The van der Waals surface area contributed by atoms with E-state index in [2.05, 4.69) is 4.98 Å². The Morgan fingerprint density at radius 2 is 2.19 bits per heavy atom. The number of halogens is 1. The molecule has 0 aliphatic carbocycles. The van der Waals surface area contributed by atoms with Crippen molar-refractivity contribution in [1.29, 1.82) is 0 Å². The van der Waals surface area contributed by atoms with Gasteiger partial charge in [0.05, 0.1) is 6.20 Å². The number of hydrogen-bond acceptors (Lipinski definition) is 4. The first kappa shape index (κ1) is 10.6. The number of pyridine rings is 1. The molecule has 16 heavy (non-hydrogen) atoms. The van der Waals surface area contributed by atoms with Crippen molar-refractivity contribution in [1.82, 2.24) is 9.38 Å². The number of carbonyl (C=O) groups is 1. The van der Waals surface area contributed by atoms with Crippen LogP contribution < -0.4 is 0 Å². The Labute approximate surface area is 89.2 Å². The number of nitrogens with zero attached hydrogens (tertiary/aromatic N) is 2. The van der Waals surface area contributed by atoms with Gasteiger partial charge in [0.25, 0.3) is 0 Å². The highest BCUT2D eigenvalue weighted by Crippen LogP contribution is 2.17. The lowest BCUT2D eigenvalue weighted by molar-refractivity contribution is 0.0698. The van der Waals surface area contributed by atoms with E-state index < -0.39 is 21.2 Å². The van der Waals surface area contributed by atoms with E-state index in [1.807, 2.05) is 0 Å². The Hall–Kier alpha value is -1.96. The summed E-state index contributed by atoms with van der Waals surface area (Å²) in [5.74, 6) is -1.26. The molecule has 2 heterocycles. The van der Waals surface area contributed by atoms with Crippen molar-refractivity contribution < 1.29 is 22.2 Å². The van der Waals surface area contributed by atoms with Crippen LogP contribution in [0.1, 0.15) is 10.4 Å². The molecule has 0 saturated heterocycles. The second-order valence-corrected chi connectivity index (χ2v) is 4.25. The maximum atomic E-state index is 12.8. The average Bonchev–Trinajstić information content (AvgIpc) is 2.59. The first-order chi connectivity index (χ1) is 7.41. The third-order valence-corrected chi connectivity index (χ3v) is 2.78. The first-order valence-corrected chi connectivity index (χ1v) is 5.43. The Bertz CT molecular complexity index is 676. The summed E-state index contributed by atoms with van der Waals surface area (Å²) in [6.07, 6.45) is 2.00. The zero-order valence-electron chi connectivity index (χ0n) is 7.66. The fraction of sp³-hybridized carbons (Fsp3) is 0. The van der Waals surface area contributed by atoms with E-state index in [-0.39, 0.29) is 11.2 Å². The van der Waals surface area contributed by atoms with Gasteiger partial charge in [-0.25, -0.2) is 9.78 Å². The third kappa shape index (κ3) is 1.52. The molecule has 2 aromatic heterocycles. The smallest absolute Gasteiger partial charge is 0.349 e. The van der Waals surface area contributed by atoms with Crippen LogP contribution in [0.5, 0.6) is 0 Å². The highest BCUT2D eigenvalue weighted by molar-refractivity contribution is 7.86. The predicted octanol–water partition coefficient (Wildman–Crippen LogP) is 0.691. The minimum atomic E-state index is -4.92. The van der Waals surface area contributed by atoms with Crippen molar-refractivity contribution in [3.8, 4) is 0 Å². The Morgan fingerprint density at radius 3 is 2.75 bits per heavy atom. The van der Waals surface area contributed by atoms with Crippen molar-refractivity contribution in [2.75, 3.05) is 0 Å². The first-order valence-electron chi connectivity index (χ1n) is 4.05. The molecular weight excluding hydrogens is 239 g/mol. The lowest BCUT2D eigenvalue weighted by atomic mass is 10.3. The van der Waals surface area contributed by atoms with Gasteiger partial charge in [0.15, 0.2) is 10.7 Å². The highest BCUT2D eigenvalue weighted by Gasteiger charge is 2.20. The van der Waals surface area contributed by atoms with Gasteiger partial charge in [0, 0.05) is 6.20 Å². The van der Waals surface area contributed by atoms with E-state index in [0.29, 0.717) is 0 Å². The summed E-state index contributed by atoms with van der Waals surface area (Å²) < 4.78 is 35.1. The van der Waals surface area contributed by atoms with Crippen molar-refractivity contribution in [2.24, 2.45) is 0 Å². The van der Waals surface area contributed by atoms with Crippen LogP contribution in [0.25, 0.3) is 5.65 Å². The van der Waals surface area contributed by atoms with E-state index in [0.717, 1.165) is 10.6 Å². The van der Waals surface area contributed by atoms with Crippen LogP contribution in [0.4, 0.5) is 3.89 Å². The summed E-state index contributed by atoms with van der Waals surface area (Å²) >= 11 is 0. The molecule has 8 heteroatoms. The van der Waals surface area contributed by atoms with Gasteiger partial charge in [-0.3, -0.25) is 4.40 Å². The summed E-state index contributed by atoms with van der Waals surface area (Å²) in [6, 6.07) is 2.55. The van der Waals surface area contributed by atoms with Gasteiger partial charge in [-0.05, 0) is 12.1 Å². The molecule has 0 aliphatic rings. The number of rotatable bonds is 2. The standard InChI is InChI=1S/C8H5FN2O4S/c9-16(14,15)6-4-10-7-5(8(12)13)2-1-3-11(6)7/h1-4H,(H,12,13). The van der Waals surface area contributed by atoms with Gasteiger partial charge in [-0.2, -0.15) is 8.42 Å². The lowest BCUT2D eigenvalue weighted by Crippen LogP contribution is -2.03. The van der Waals surface area contributed by atoms with E-state index in [1.165, 1.54) is 18.3 Å². The van der Waals surface area contributed by atoms with Crippen LogP contribution in [0.15, 0.2) is 29.6 Å². The van der Waals surface area contributed by atoms with Gasteiger partial charge < -0.3 is 5.11 Å². The number of aromatic nitrogens is 2. The number of aromatic carboxylic acids is 1. The number of imidazole rings is 1. The fourth-order valence-corrected chi connectivity index (χ4v) is 1.90. The topological polar surface area (TPSA) is 88.7 Å². The maximum Gasteiger partial charge on any atom is 0.349 e. The van der Waals surface area contributed by atoms with Crippen molar-refractivity contribution in [2.45, 2.75) is 5.03 Å². The quantitative estimate of drug-likeness (QED) is 0.785. The van der Waals surface area contributed by atoms with Crippen LogP contribution in [0, 0.1) is 0 Å². The van der Waals surface area contributed by atoms with Crippen LogP contribution >= 0.6 is 0 Å². The van der Waals surface area contributed by atoms with E-state index in [9.17, 15) is 17.1 Å². The summed E-state index contributed by atoms with van der Waals surface area (Å²) in [6.45, 7) is 0. The molecule has 0 bridgehead atoms. The van der Waals surface area contributed by atoms with Gasteiger partial charge in [0.1, 0.15) is 5.56 Å². The fourth-order valence-electron chi connectivity index (χ4n) is 1.34. The number of hydrogen-bond donors (Lipinski definition) is 1. The molecule has 0 atom stereocenters. The minimum absolute atomic E-state index is 0.119. The molecule has 0 spiro atoms. The molecule has 0 amide bonds. The highest BCUT2D eigenvalue weighted by atomic mass is 32.3. The van der Waals surface area contributed by atoms with Crippen LogP contribution in [0.3, 0.4) is 0 Å². The molecule has 0 fully saturated rings.